The third-order valence-corrected chi connectivity index (χ3v) is 4.17. The van der Waals surface area contributed by atoms with E-state index in [0.29, 0.717) is 0 Å². The molecule has 0 bridgehead atoms. The van der Waals surface area contributed by atoms with Crippen molar-refractivity contribution in [1.82, 2.24) is 0 Å². The number of nitrogens with one attached hydrogen (secondary N) is 1. The SMILES string of the molecule is Cc1cccc(N[C@@H]2CC(=O)N(c3c(C)cccc3C)C2=O)c1. The molecule has 0 aromatic heterocycles. The summed E-state index contributed by atoms with van der Waals surface area (Å²) in [5, 5.41) is 3.19. The first-order valence-electron chi connectivity index (χ1n) is 7.73. The van der Waals surface area contributed by atoms with E-state index in [9.17, 15) is 9.59 Å². The number of carbonyl (C=O) groups is 2. The Kier molecular flexibility index (Phi) is 3.90. The van der Waals surface area contributed by atoms with Crippen LogP contribution in [0.2, 0.25) is 0 Å². The molecule has 3 rings (SSSR count). The molecule has 23 heavy (non-hydrogen) atoms. The molecule has 0 unspecified atom stereocenters. The minimum absolute atomic E-state index is 0.155. The molecule has 1 N–H and O–H groups in total. The molecule has 0 aliphatic carbocycles. The predicted molar refractivity (Wildman–Crippen MR) is 91.6 cm³/mol. The van der Waals surface area contributed by atoms with Gasteiger partial charge >= 0.3 is 0 Å². The molecule has 2 amide bonds. The molecule has 1 aliphatic heterocycles. The Hall–Kier alpha value is -2.62. The van der Waals surface area contributed by atoms with Crippen LogP contribution in [0.15, 0.2) is 42.5 Å². The Morgan fingerprint density at radius 2 is 1.65 bits per heavy atom. The maximum Gasteiger partial charge on any atom is 0.256 e. The molecule has 0 spiro atoms. The summed E-state index contributed by atoms with van der Waals surface area (Å²) < 4.78 is 0. The summed E-state index contributed by atoms with van der Waals surface area (Å²) in [4.78, 5) is 26.5. The van der Waals surface area contributed by atoms with Crippen molar-refractivity contribution in [3.63, 3.8) is 0 Å². The molecular weight excluding hydrogens is 288 g/mol. The molecule has 1 heterocycles. The number of carbonyl (C=O) groups excluding carboxylic acids is 2. The highest BCUT2D eigenvalue weighted by Gasteiger charge is 2.40. The van der Waals surface area contributed by atoms with E-state index in [0.717, 1.165) is 28.1 Å². The van der Waals surface area contributed by atoms with Crippen LogP contribution in [-0.4, -0.2) is 17.9 Å². The largest absolute Gasteiger partial charge is 0.373 e. The van der Waals surface area contributed by atoms with Crippen LogP contribution >= 0.6 is 0 Å². The predicted octanol–water partition coefficient (Wildman–Crippen LogP) is 3.36. The van der Waals surface area contributed by atoms with Crippen molar-refractivity contribution in [3.8, 4) is 0 Å². The summed E-state index contributed by atoms with van der Waals surface area (Å²) >= 11 is 0. The molecule has 1 saturated heterocycles. The number of rotatable bonds is 3. The van der Waals surface area contributed by atoms with Gasteiger partial charge in [0.25, 0.3) is 5.91 Å². The zero-order valence-corrected chi connectivity index (χ0v) is 13.6. The Morgan fingerprint density at radius 1 is 1.00 bits per heavy atom. The minimum Gasteiger partial charge on any atom is -0.373 e. The van der Waals surface area contributed by atoms with Crippen LogP contribution in [0.4, 0.5) is 11.4 Å². The third-order valence-electron chi connectivity index (χ3n) is 4.17. The summed E-state index contributed by atoms with van der Waals surface area (Å²) in [5.41, 5.74) is 4.56. The lowest BCUT2D eigenvalue weighted by Gasteiger charge is -2.20. The Bertz CT molecular complexity index is 762. The first-order valence-corrected chi connectivity index (χ1v) is 7.73. The van der Waals surface area contributed by atoms with Gasteiger partial charge in [-0.05, 0) is 49.6 Å². The fourth-order valence-electron chi connectivity index (χ4n) is 3.07. The lowest BCUT2D eigenvalue weighted by Crippen LogP contribution is -2.35. The van der Waals surface area contributed by atoms with E-state index < -0.39 is 6.04 Å². The van der Waals surface area contributed by atoms with Crippen LogP contribution in [0.1, 0.15) is 23.1 Å². The van der Waals surface area contributed by atoms with Gasteiger partial charge in [0, 0.05) is 5.69 Å². The lowest BCUT2D eigenvalue weighted by molar-refractivity contribution is -0.121. The topological polar surface area (TPSA) is 49.4 Å². The average Bonchev–Trinajstić information content (AvgIpc) is 2.75. The fourth-order valence-corrected chi connectivity index (χ4v) is 3.07. The quantitative estimate of drug-likeness (QED) is 0.885. The monoisotopic (exact) mass is 308 g/mol. The van der Waals surface area contributed by atoms with Crippen LogP contribution in [0.5, 0.6) is 0 Å². The maximum atomic E-state index is 12.8. The molecule has 1 atom stereocenters. The summed E-state index contributed by atoms with van der Waals surface area (Å²) in [6.45, 7) is 5.84. The van der Waals surface area contributed by atoms with E-state index in [2.05, 4.69) is 5.32 Å². The molecule has 4 heteroatoms. The van der Waals surface area contributed by atoms with Crippen LogP contribution in [-0.2, 0) is 9.59 Å². The number of imide groups is 1. The number of benzene rings is 2. The number of nitrogens with zero attached hydrogens (tertiary/aromatic N) is 1. The number of para-hydroxylation sites is 1. The van der Waals surface area contributed by atoms with Gasteiger partial charge in [-0.2, -0.15) is 0 Å². The lowest BCUT2D eigenvalue weighted by atomic mass is 10.1. The Morgan fingerprint density at radius 3 is 2.30 bits per heavy atom. The van der Waals surface area contributed by atoms with Crippen LogP contribution < -0.4 is 10.2 Å². The second-order valence-electron chi connectivity index (χ2n) is 6.08. The van der Waals surface area contributed by atoms with Crippen molar-refractivity contribution in [2.45, 2.75) is 33.2 Å². The van der Waals surface area contributed by atoms with Crippen LogP contribution in [0, 0.1) is 20.8 Å². The summed E-state index contributed by atoms with van der Waals surface area (Å²) in [5.74, 6) is -0.341. The third kappa shape index (κ3) is 2.84. The van der Waals surface area contributed by atoms with Gasteiger partial charge in [0.05, 0.1) is 12.1 Å². The van der Waals surface area contributed by atoms with Crippen LogP contribution in [0.25, 0.3) is 0 Å². The van der Waals surface area contributed by atoms with Crippen molar-refractivity contribution < 1.29 is 9.59 Å². The molecule has 1 aliphatic rings. The van der Waals surface area contributed by atoms with Crippen molar-refractivity contribution in [3.05, 3.63) is 59.2 Å². The summed E-state index contributed by atoms with van der Waals surface area (Å²) in [6.07, 6.45) is 0.181. The number of amides is 2. The second kappa shape index (κ2) is 5.88. The van der Waals surface area contributed by atoms with Gasteiger partial charge in [0.2, 0.25) is 5.91 Å². The van der Waals surface area contributed by atoms with Crippen LogP contribution in [0.3, 0.4) is 0 Å². The van der Waals surface area contributed by atoms with E-state index in [1.54, 1.807) is 0 Å². The molecule has 0 saturated carbocycles. The first-order chi connectivity index (χ1) is 11.0. The zero-order chi connectivity index (χ0) is 16.6. The van der Waals surface area contributed by atoms with Gasteiger partial charge in [0.1, 0.15) is 6.04 Å². The molecule has 4 nitrogen and oxygen atoms in total. The highest BCUT2D eigenvalue weighted by molar-refractivity contribution is 6.23. The molecule has 2 aromatic rings. The summed E-state index contributed by atoms with van der Waals surface area (Å²) in [6, 6.07) is 13.1. The maximum absolute atomic E-state index is 12.8. The second-order valence-corrected chi connectivity index (χ2v) is 6.08. The van der Waals surface area contributed by atoms with Crippen molar-refractivity contribution in [2.75, 3.05) is 10.2 Å². The van der Waals surface area contributed by atoms with E-state index in [4.69, 9.17) is 0 Å². The molecular formula is C19H20N2O2. The van der Waals surface area contributed by atoms with Gasteiger partial charge in [-0.3, -0.25) is 9.59 Å². The highest BCUT2D eigenvalue weighted by Crippen LogP contribution is 2.30. The van der Waals surface area contributed by atoms with Gasteiger partial charge in [-0.1, -0.05) is 30.3 Å². The van der Waals surface area contributed by atoms with Crippen molar-refractivity contribution in [2.24, 2.45) is 0 Å². The fraction of sp³-hybridized carbons (Fsp3) is 0.263. The van der Waals surface area contributed by atoms with E-state index in [1.807, 2.05) is 63.2 Å². The van der Waals surface area contributed by atoms with Gasteiger partial charge in [-0.15, -0.1) is 0 Å². The van der Waals surface area contributed by atoms with E-state index >= 15 is 0 Å². The van der Waals surface area contributed by atoms with Gasteiger partial charge in [-0.25, -0.2) is 4.90 Å². The Balaban J connectivity index is 1.88. The minimum atomic E-state index is -0.511. The number of hydrogen-bond donors (Lipinski definition) is 1. The molecule has 2 aromatic carbocycles. The van der Waals surface area contributed by atoms with Crippen molar-refractivity contribution >= 4 is 23.2 Å². The Labute approximate surface area is 136 Å². The number of hydrogen-bond acceptors (Lipinski definition) is 3. The highest BCUT2D eigenvalue weighted by atomic mass is 16.2. The smallest absolute Gasteiger partial charge is 0.256 e. The normalized spacial score (nSPS) is 17.7. The molecule has 0 radical (unpaired) electrons. The standard InChI is InChI=1S/C19H20N2O2/c1-12-6-4-9-15(10-12)20-16-11-17(22)21(19(16)23)18-13(2)7-5-8-14(18)3/h4-10,16,20H,11H2,1-3H3/t16-/m1/s1. The van der Waals surface area contributed by atoms with E-state index in [1.165, 1.54) is 4.90 Å². The number of aryl methyl sites for hydroxylation is 3. The summed E-state index contributed by atoms with van der Waals surface area (Å²) in [7, 11) is 0. The number of anilines is 2. The first kappa shape index (κ1) is 15.3. The van der Waals surface area contributed by atoms with E-state index in [-0.39, 0.29) is 18.2 Å². The average molecular weight is 308 g/mol. The van der Waals surface area contributed by atoms with Crippen molar-refractivity contribution in [1.29, 1.82) is 0 Å². The molecule has 118 valence electrons. The van der Waals surface area contributed by atoms with Gasteiger partial charge < -0.3 is 5.32 Å². The molecule has 1 fully saturated rings. The zero-order valence-electron chi connectivity index (χ0n) is 13.6. The van der Waals surface area contributed by atoms with Gasteiger partial charge in [0.15, 0.2) is 0 Å².